The van der Waals surface area contributed by atoms with Gasteiger partial charge in [0.15, 0.2) is 0 Å². The molecule has 2 nitrogen and oxygen atoms in total. The maximum Gasteiger partial charge on any atom is 0.00483 e. The fourth-order valence-electron chi connectivity index (χ4n) is 1.99. The molecule has 1 aliphatic rings. The number of nitrogens with zero attached hydrogens (tertiary/aromatic N) is 1. The number of nitrogens with two attached hydrogens (primary N) is 1. The van der Waals surface area contributed by atoms with E-state index < -0.39 is 0 Å². The lowest BCUT2D eigenvalue weighted by Gasteiger charge is -2.23. The van der Waals surface area contributed by atoms with Crippen LogP contribution in [0, 0.1) is 11.8 Å². The normalized spacial score (nSPS) is 29.1. The van der Waals surface area contributed by atoms with Crippen molar-refractivity contribution >= 4 is 0 Å². The lowest BCUT2D eigenvalue weighted by molar-refractivity contribution is 0.260. The van der Waals surface area contributed by atoms with E-state index in [9.17, 15) is 0 Å². The van der Waals surface area contributed by atoms with Crippen molar-refractivity contribution in [2.24, 2.45) is 17.6 Å². The average Bonchev–Trinajstić information content (AvgIpc) is 2.52. The molecular formula is C11H24N2. The molecule has 0 aromatic rings. The molecule has 3 atom stereocenters. The Labute approximate surface area is 82.5 Å². The predicted molar refractivity (Wildman–Crippen MR) is 57.7 cm³/mol. The smallest absolute Gasteiger partial charge is 0.00483 e. The lowest BCUT2D eigenvalue weighted by atomic mass is 10.0. The maximum absolute atomic E-state index is 5.85. The maximum atomic E-state index is 5.85. The largest absolute Gasteiger partial charge is 0.328 e. The Balaban J connectivity index is 2.23. The average molecular weight is 184 g/mol. The predicted octanol–water partition coefficient (Wildman–Crippen LogP) is 1.70. The summed E-state index contributed by atoms with van der Waals surface area (Å²) >= 11 is 0. The molecule has 1 rings (SSSR count). The molecule has 1 heterocycles. The molecule has 78 valence electrons. The van der Waals surface area contributed by atoms with Crippen LogP contribution in [0.4, 0.5) is 0 Å². The van der Waals surface area contributed by atoms with E-state index in [1.165, 1.54) is 32.5 Å². The summed E-state index contributed by atoms with van der Waals surface area (Å²) in [4.78, 5) is 2.57. The summed E-state index contributed by atoms with van der Waals surface area (Å²) in [7, 11) is 0. The standard InChI is InChI=1S/C11H24N2/c1-4-11-5-6-13(8-11)7-9(2)10(3)12/h9-11H,4-8,12H2,1-3H3. The van der Waals surface area contributed by atoms with E-state index in [1.807, 2.05) is 0 Å². The van der Waals surface area contributed by atoms with E-state index in [4.69, 9.17) is 5.73 Å². The summed E-state index contributed by atoms with van der Waals surface area (Å²) in [5, 5.41) is 0. The minimum Gasteiger partial charge on any atom is -0.328 e. The van der Waals surface area contributed by atoms with E-state index in [0.717, 1.165) is 5.92 Å². The van der Waals surface area contributed by atoms with Crippen molar-refractivity contribution in [2.45, 2.75) is 39.7 Å². The number of rotatable bonds is 4. The van der Waals surface area contributed by atoms with E-state index in [0.29, 0.717) is 12.0 Å². The van der Waals surface area contributed by atoms with Gasteiger partial charge in [0.05, 0.1) is 0 Å². The molecule has 0 amide bonds. The molecule has 2 heteroatoms. The van der Waals surface area contributed by atoms with Crippen molar-refractivity contribution in [3.05, 3.63) is 0 Å². The van der Waals surface area contributed by atoms with Gasteiger partial charge in [0, 0.05) is 19.1 Å². The summed E-state index contributed by atoms with van der Waals surface area (Å²) in [6, 6.07) is 0.334. The van der Waals surface area contributed by atoms with Crippen molar-refractivity contribution in [1.29, 1.82) is 0 Å². The molecule has 1 aliphatic heterocycles. The zero-order valence-corrected chi connectivity index (χ0v) is 9.29. The first kappa shape index (κ1) is 11.0. The summed E-state index contributed by atoms with van der Waals surface area (Å²) in [6.45, 7) is 10.4. The Morgan fingerprint density at radius 1 is 1.46 bits per heavy atom. The third-order valence-electron chi connectivity index (χ3n) is 3.39. The van der Waals surface area contributed by atoms with Crippen molar-refractivity contribution in [2.75, 3.05) is 19.6 Å². The third-order valence-corrected chi connectivity index (χ3v) is 3.39. The minimum absolute atomic E-state index is 0.334. The van der Waals surface area contributed by atoms with Crippen LogP contribution in [0.1, 0.15) is 33.6 Å². The summed E-state index contributed by atoms with van der Waals surface area (Å²) in [5.41, 5.74) is 5.85. The van der Waals surface area contributed by atoms with Crippen LogP contribution in [-0.2, 0) is 0 Å². The highest BCUT2D eigenvalue weighted by atomic mass is 15.1. The van der Waals surface area contributed by atoms with Gasteiger partial charge in [-0.15, -0.1) is 0 Å². The zero-order chi connectivity index (χ0) is 9.84. The van der Waals surface area contributed by atoms with Crippen molar-refractivity contribution in [3.63, 3.8) is 0 Å². The minimum atomic E-state index is 0.334. The number of likely N-dealkylation sites (tertiary alicyclic amines) is 1. The Morgan fingerprint density at radius 2 is 2.15 bits per heavy atom. The SMILES string of the molecule is CCC1CCN(CC(C)C(C)N)C1. The van der Waals surface area contributed by atoms with Crippen molar-refractivity contribution < 1.29 is 0 Å². The Kier molecular flexibility index (Phi) is 4.20. The molecule has 0 aromatic heterocycles. The first-order valence-electron chi connectivity index (χ1n) is 5.61. The van der Waals surface area contributed by atoms with E-state index in [-0.39, 0.29) is 0 Å². The van der Waals surface area contributed by atoms with E-state index in [2.05, 4.69) is 25.7 Å². The van der Waals surface area contributed by atoms with Gasteiger partial charge in [0.2, 0.25) is 0 Å². The second-order valence-corrected chi connectivity index (χ2v) is 4.66. The van der Waals surface area contributed by atoms with Crippen LogP contribution in [0.3, 0.4) is 0 Å². The highest BCUT2D eigenvalue weighted by Crippen LogP contribution is 2.20. The molecule has 0 radical (unpaired) electrons. The van der Waals surface area contributed by atoms with Crippen LogP contribution < -0.4 is 5.73 Å². The van der Waals surface area contributed by atoms with Gasteiger partial charge in [-0.2, -0.15) is 0 Å². The lowest BCUT2D eigenvalue weighted by Crippen LogP contribution is -2.35. The fourth-order valence-corrected chi connectivity index (χ4v) is 1.99. The molecule has 0 spiro atoms. The van der Waals surface area contributed by atoms with Crippen LogP contribution in [0.2, 0.25) is 0 Å². The van der Waals surface area contributed by atoms with Gasteiger partial charge >= 0.3 is 0 Å². The third kappa shape index (κ3) is 3.28. The molecule has 1 fully saturated rings. The second-order valence-electron chi connectivity index (χ2n) is 4.66. The summed E-state index contributed by atoms with van der Waals surface area (Å²) in [6.07, 6.45) is 2.73. The zero-order valence-electron chi connectivity index (χ0n) is 9.29. The van der Waals surface area contributed by atoms with Crippen LogP contribution in [0.25, 0.3) is 0 Å². The molecule has 0 aromatic carbocycles. The molecule has 2 N–H and O–H groups in total. The Bertz CT molecular complexity index is 145. The van der Waals surface area contributed by atoms with Gasteiger partial charge in [0.25, 0.3) is 0 Å². The second kappa shape index (κ2) is 4.97. The Morgan fingerprint density at radius 3 is 2.62 bits per heavy atom. The van der Waals surface area contributed by atoms with Crippen molar-refractivity contribution in [3.8, 4) is 0 Å². The topological polar surface area (TPSA) is 29.3 Å². The summed E-state index contributed by atoms with van der Waals surface area (Å²) in [5.74, 6) is 1.58. The first-order valence-corrected chi connectivity index (χ1v) is 5.61. The van der Waals surface area contributed by atoms with Gasteiger partial charge in [0.1, 0.15) is 0 Å². The van der Waals surface area contributed by atoms with Crippen LogP contribution >= 0.6 is 0 Å². The number of hydrogen-bond acceptors (Lipinski definition) is 2. The molecule has 3 unspecified atom stereocenters. The van der Waals surface area contributed by atoms with E-state index in [1.54, 1.807) is 0 Å². The van der Waals surface area contributed by atoms with Gasteiger partial charge in [-0.25, -0.2) is 0 Å². The molecule has 13 heavy (non-hydrogen) atoms. The highest BCUT2D eigenvalue weighted by molar-refractivity contribution is 4.77. The van der Waals surface area contributed by atoms with Crippen molar-refractivity contribution in [1.82, 2.24) is 4.90 Å². The van der Waals surface area contributed by atoms with Gasteiger partial charge < -0.3 is 10.6 Å². The molecular weight excluding hydrogens is 160 g/mol. The van der Waals surface area contributed by atoms with Gasteiger partial charge in [-0.05, 0) is 31.7 Å². The van der Waals surface area contributed by atoms with Gasteiger partial charge in [-0.1, -0.05) is 20.3 Å². The molecule has 0 bridgehead atoms. The molecule has 0 aliphatic carbocycles. The van der Waals surface area contributed by atoms with Crippen LogP contribution in [0.5, 0.6) is 0 Å². The monoisotopic (exact) mass is 184 g/mol. The van der Waals surface area contributed by atoms with Gasteiger partial charge in [-0.3, -0.25) is 0 Å². The van der Waals surface area contributed by atoms with E-state index >= 15 is 0 Å². The summed E-state index contributed by atoms with van der Waals surface area (Å²) < 4.78 is 0. The highest BCUT2D eigenvalue weighted by Gasteiger charge is 2.22. The fraction of sp³-hybridized carbons (Fsp3) is 1.00. The van der Waals surface area contributed by atoms with Crippen LogP contribution in [-0.4, -0.2) is 30.6 Å². The number of hydrogen-bond donors (Lipinski definition) is 1. The molecule has 1 saturated heterocycles. The van der Waals surface area contributed by atoms with Crippen LogP contribution in [0.15, 0.2) is 0 Å². The molecule has 0 saturated carbocycles. The first-order chi connectivity index (χ1) is 6.13. The quantitative estimate of drug-likeness (QED) is 0.720. The Hall–Kier alpha value is -0.0800.